The fourth-order valence-corrected chi connectivity index (χ4v) is 5.44. The summed E-state index contributed by atoms with van der Waals surface area (Å²) in [6.45, 7) is 3.37. The van der Waals surface area contributed by atoms with E-state index in [0.29, 0.717) is 18.0 Å². The Bertz CT molecular complexity index is 711. The van der Waals surface area contributed by atoms with Crippen LogP contribution in [0.25, 0.3) is 0 Å². The summed E-state index contributed by atoms with van der Waals surface area (Å²) >= 11 is 2.47. The van der Waals surface area contributed by atoms with Crippen molar-refractivity contribution < 1.29 is 13.2 Å². The molecule has 3 nitrogen and oxygen atoms in total. The highest BCUT2D eigenvalue weighted by Crippen LogP contribution is 2.56. The Hall–Kier alpha value is -0.670. The van der Waals surface area contributed by atoms with Gasteiger partial charge in [0.1, 0.15) is 9.88 Å². The van der Waals surface area contributed by atoms with Crippen LogP contribution in [-0.4, -0.2) is 29.0 Å². The second kappa shape index (κ2) is 7.75. The lowest BCUT2D eigenvalue weighted by Crippen LogP contribution is -2.35. The van der Waals surface area contributed by atoms with Crippen LogP contribution in [0.3, 0.4) is 0 Å². The van der Waals surface area contributed by atoms with Crippen molar-refractivity contribution in [1.29, 1.82) is 0 Å². The quantitative estimate of drug-likeness (QED) is 0.749. The van der Waals surface area contributed by atoms with E-state index in [0.717, 1.165) is 60.1 Å². The zero-order valence-corrected chi connectivity index (χ0v) is 16.5. The fraction of sp³-hybridized carbons (Fsp3) is 0.588. The monoisotopic (exact) mass is 423 g/mol. The predicted octanol–water partition coefficient (Wildman–Crippen LogP) is 4.79. The van der Waals surface area contributed by atoms with E-state index in [1.165, 1.54) is 6.07 Å². The summed E-state index contributed by atoms with van der Waals surface area (Å²) in [5.74, 6) is 0. The number of nitrogens with one attached hydrogen (secondary N) is 1. The van der Waals surface area contributed by atoms with E-state index < -0.39 is 11.1 Å². The molecule has 2 fully saturated rings. The first kappa shape index (κ1) is 20.1. The topological polar surface area (TPSA) is 28.2 Å². The summed E-state index contributed by atoms with van der Waals surface area (Å²) in [4.78, 5) is 6.98. The van der Waals surface area contributed by atoms with E-state index in [1.807, 2.05) is 5.38 Å². The Kier molecular flexibility index (Phi) is 5.99. The number of aromatic nitrogens is 1. The van der Waals surface area contributed by atoms with Gasteiger partial charge in [-0.2, -0.15) is 13.2 Å². The summed E-state index contributed by atoms with van der Waals surface area (Å²) in [6.07, 6.45) is 1.00. The molecule has 1 unspecified atom stereocenters. The molecule has 0 amide bonds. The minimum atomic E-state index is -4.25. The van der Waals surface area contributed by atoms with Crippen molar-refractivity contribution in [1.82, 2.24) is 15.2 Å². The molecule has 2 aromatic heterocycles. The van der Waals surface area contributed by atoms with Gasteiger partial charge in [0.15, 0.2) is 0 Å². The number of piperidine rings is 1. The normalized spacial score (nSPS) is 21.8. The van der Waals surface area contributed by atoms with Gasteiger partial charge in [-0.25, -0.2) is 4.98 Å². The van der Waals surface area contributed by atoms with E-state index in [1.54, 1.807) is 23.6 Å². The number of hydrogen-bond donors (Lipinski definition) is 1. The highest BCUT2D eigenvalue weighted by molar-refractivity contribution is 7.12. The summed E-state index contributed by atoms with van der Waals surface area (Å²) in [5.41, 5.74) is 0.354. The maximum Gasteiger partial charge on any atom is 0.425 e. The third-order valence-corrected chi connectivity index (χ3v) is 7.19. The Morgan fingerprint density at radius 2 is 2.00 bits per heavy atom. The Morgan fingerprint density at radius 1 is 1.23 bits per heavy atom. The first-order chi connectivity index (χ1) is 12.0. The summed E-state index contributed by atoms with van der Waals surface area (Å²) < 4.78 is 38.6. The average molecular weight is 424 g/mol. The van der Waals surface area contributed by atoms with Crippen molar-refractivity contribution in [2.75, 3.05) is 13.1 Å². The zero-order valence-electron chi connectivity index (χ0n) is 14.1. The molecule has 2 aromatic rings. The largest absolute Gasteiger partial charge is 0.425 e. The standard InChI is InChI=1S/C17H20F3N3S2.ClH/c18-17(19,20)14-2-1-12(25-14)10-23(11-15-22-7-8-24-15)13-9-16(13)3-5-21-6-4-16;/h1-2,7-8,13,21H,3-6,9-11H2;1H. The Labute approximate surface area is 165 Å². The SMILES string of the molecule is Cl.FC(F)(F)c1ccc(CN(Cc2nccs2)C2CC23CCNCC3)s1. The van der Waals surface area contributed by atoms with Gasteiger partial charge in [0.2, 0.25) is 0 Å². The third-order valence-electron chi connectivity index (χ3n) is 5.31. The van der Waals surface area contributed by atoms with Gasteiger partial charge in [-0.3, -0.25) is 4.90 Å². The predicted molar refractivity (Wildman–Crippen MR) is 101 cm³/mol. The highest BCUT2D eigenvalue weighted by atomic mass is 35.5. The molecule has 1 saturated carbocycles. The van der Waals surface area contributed by atoms with Crippen LogP contribution in [0, 0.1) is 5.41 Å². The maximum absolute atomic E-state index is 12.9. The number of halogens is 4. The van der Waals surface area contributed by atoms with Crippen LogP contribution in [0.5, 0.6) is 0 Å². The maximum atomic E-state index is 12.9. The van der Waals surface area contributed by atoms with Crippen molar-refractivity contribution in [3.63, 3.8) is 0 Å². The lowest BCUT2D eigenvalue weighted by Gasteiger charge is -2.28. The summed E-state index contributed by atoms with van der Waals surface area (Å²) in [6, 6.07) is 3.28. The van der Waals surface area contributed by atoms with Gasteiger partial charge in [-0.05, 0) is 49.9 Å². The number of thiophene rings is 1. The summed E-state index contributed by atoms with van der Waals surface area (Å²) in [5, 5.41) is 6.39. The highest BCUT2D eigenvalue weighted by Gasteiger charge is 2.56. The first-order valence-corrected chi connectivity index (χ1v) is 10.1. The van der Waals surface area contributed by atoms with E-state index in [4.69, 9.17) is 0 Å². The molecule has 1 N–H and O–H groups in total. The van der Waals surface area contributed by atoms with Gasteiger partial charge in [0.05, 0.1) is 6.54 Å². The van der Waals surface area contributed by atoms with E-state index in [2.05, 4.69) is 15.2 Å². The molecule has 0 aromatic carbocycles. The molecule has 2 aliphatic rings. The fourth-order valence-electron chi connectivity index (χ4n) is 3.90. The van der Waals surface area contributed by atoms with Crippen LogP contribution in [0.15, 0.2) is 23.7 Å². The van der Waals surface area contributed by atoms with Gasteiger partial charge in [-0.15, -0.1) is 35.1 Å². The number of thiazole rings is 1. The number of alkyl halides is 3. The number of hydrogen-bond acceptors (Lipinski definition) is 5. The van der Waals surface area contributed by atoms with Crippen LogP contribution in [0.1, 0.15) is 34.0 Å². The molecule has 1 saturated heterocycles. The minimum absolute atomic E-state index is 0. The van der Waals surface area contributed by atoms with Crippen molar-refractivity contribution >= 4 is 35.1 Å². The minimum Gasteiger partial charge on any atom is -0.317 e. The zero-order chi connectivity index (χ0) is 17.5. The van der Waals surface area contributed by atoms with Gasteiger partial charge in [0.25, 0.3) is 0 Å². The van der Waals surface area contributed by atoms with Crippen molar-refractivity contribution in [3.8, 4) is 0 Å². The summed E-state index contributed by atoms with van der Waals surface area (Å²) in [7, 11) is 0. The third kappa shape index (κ3) is 4.25. The molecule has 9 heteroatoms. The first-order valence-electron chi connectivity index (χ1n) is 8.45. The van der Waals surface area contributed by atoms with Gasteiger partial charge >= 0.3 is 6.18 Å². The molecule has 0 radical (unpaired) electrons. The van der Waals surface area contributed by atoms with Crippen LogP contribution >= 0.6 is 35.1 Å². The van der Waals surface area contributed by atoms with Crippen molar-refractivity contribution in [2.24, 2.45) is 5.41 Å². The molecule has 1 atom stereocenters. The molecule has 144 valence electrons. The molecule has 1 spiro atoms. The van der Waals surface area contributed by atoms with Crippen LogP contribution in [0.4, 0.5) is 13.2 Å². The molecule has 3 heterocycles. The van der Waals surface area contributed by atoms with Crippen molar-refractivity contribution in [2.45, 2.75) is 44.6 Å². The van der Waals surface area contributed by atoms with Crippen LogP contribution < -0.4 is 5.32 Å². The Morgan fingerprint density at radius 3 is 2.62 bits per heavy atom. The van der Waals surface area contributed by atoms with E-state index in [-0.39, 0.29) is 12.4 Å². The van der Waals surface area contributed by atoms with Gasteiger partial charge < -0.3 is 5.32 Å². The lowest BCUT2D eigenvalue weighted by molar-refractivity contribution is -0.134. The molecular formula is C17H21ClF3N3S2. The molecule has 1 aliphatic carbocycles. The molecule has 4 rings (SSSR count). The van der Waals surface area contributed by atoms with Crippen LogP contribution in [-0.2, 0) is 19.3 Å². The average Bonchev–Trinajstić information content (AvgIpc) is 3.00. The van der Waals surface area contributed by atoms with E-state index >= 15 is 0 Å². The second-order valence-corrected chi connectivity index (χ2v) is 9.07. The molecule has 26 heavy (non-hydrogen) atoms. The van der Waals surface area contributed by atoms with E-state index in [9.17, 15) is 13.2 Å². The number of rotatable bonds is 5. The second-order valence-electron chi connectivity index (χ2n) is 6.93. The smallest absolute Gasteiger partial charge is 0.317 e. The Balaban J connectivity index is 0.00000196. The van der Waals surface area contributed by atoms with Crippen LogP contribution in [0.2, 0.25) is 0 Å². The number of nitrogens with zero attached hydrogens (tertiary/aromatic N) is 2. The van der Waals surface area contributed by atoms with Crippen molar-refractivity contribution in [3.05, 3.63) is 38.5 Å². The molecule has 0 bridgehead atoms. The molecular weight excluding hydrogens is 403 g/mol. The lowest BCUT2D eigenvalue weighted by atomic mass is 9.93. The molecule has 1 aliphatic heterocycles. The van der Waals surface area contributed by atoms with Gasteiger partial charge in [0, 0.05) is 29.0 Å². The van der Waals surface area contributed by atoms with Gasteiger partial charge in [-0.1, -0.05) is 0 Å².